The number of aromatic nitrogens is 5. The van der Waals surface area contributed by atoms with E-state index in [9.17, 15) is 9.59 Å². The number of carbonyl (C=O) groups is 2. The van der Waals surface area contributed by atoms with Crippen molar-refractivity contribution in [2.45, 2.75) is 38.1 Å². The summed E-state index contributed by atoms with van der Waals surface area (Å²) >= 11 is 0. The van der Waals surface area contributed by atoms with Gasteiger partial charge in [-0.1, -0.05) is 24.3 Å². The molecule has 0 spiro atoms. The van der Waals surface area contributed by atoms with Crippen molar-refractivity contribution in [3.63, 3.8) is 0 Å². The fourth-order valence-corrected chi connectivity index (χ4v) is 5.12. The number of H-pyrrole nitrogens is 1. The van der Waals surface area contributed by atoms with Crippen LogP contribution in [-0.4, -0.2) is 57.1 Å². The second kappa shape index (κ2) is 13.1. The zero-order chi connectivity index (χ0) is 28.6. The van der Waals surface area contributed by atoms with Gasteiger partial charge in [0.05, 0.1) is 7.11 Å². The molecule has 11 nitrogen and oxygen atoms in total. The molecule has 0 aliphatic heterocycles. The van der Waals surface area contributed by atoms with Crippen LogP contribution in [-0.2, 0) is 16.0 Å². The number of anilines is 1. The van der Waals surface area contributed by atoms with Crippen LogP contribution in [0.4, 0.5) is 5.69 Å². The zero-order valence-corrected chi connectivity index (χ0v) is 22.9. The van der Waals surface area contributed by atoms with Crippen molar-refractivity contribution >= 4 is 17.5 Å². The minimum Gasteiger partial charge on any atom is -0.481 e. The van der Waals surface area contributed by atoms with E-state index < -0.39 is 6.04 Å². The number of carbonyl (C=O) groups excluding carboxylic acids is 2. The quantitative estimate of drug-likeness (QED) is 0.232. The molecule has 2 aromatic heterocycles. The standard InChI is InChI=1S/C30H34N8O3/c1-41-27-15-12-24(18-32-27)21-6-2-19(3-7-21)16-26(34-29(39)23-8-4-20(17-31)5-9-23)30(40)33-25-13-10-22(11-14-25)28-35-37-38-36-28/h2-3,6-7,10-15,18,20,23,26H,4-5,8-9,16-17,31H2,1H3,(H,33,40)(H,34,39)(H,35,36,37,38). The van der Waals surface area contributed by atoms with E-state index in [-0.39, 0.29) is 17.7 Å². The van der Waals surface area contributed by atoms with Crippen molar-refractivity contribution < 1.29 is 14.3 Å². The molecule has 2 amide bonds. The number of benzene rings is 2. The smallest absolute Gasteiger partial charge is 0.247 e. The molecule has 2 aromatic carbocycles. The average Bonchev–Trinajstić information content (AvgIpc) is 3.57. The van der Waals surface area contributed by atoms with E-state index in [0.29, 0.717) is 36.3 Å². The summed E-state index contributed by atoms with van der Waals surface area (Å²) in [5, 5.41) is 19.9. The van der Waals surface area contributed by atoms with Crippen molar-refractivity contribution in [1.29, 1.82) is 0 Å². The molecule has 1 atom stereocenters. The van der Waals surface area contributed by atoms with Gasteiger partial charge >= 0.3 is 0 Å². The molecule has 2 heterocycles. The lowest BCUT2D eigenvalue weighted by Crippen LogP contribution is -2.48. The molecule has 5 rings (SSSR count). The maximum atomic E-state index is 13.5. The predicted molar refractivity (Wildman–Crippen MR) is 155 cm³/mol. The second-order valence-corrected chi connectivity index (χ2v) is 10.3. The first-order chi connectivity index (χ1) is 20.0. The lowest BCUT2D eigenvalue weighted by molar-refractivity contribution is -0.130. The molecule has 4 aromatic rings. The number of pyridine rings is 1. The number of methoxy groups -OCH3 is 1. The molecule has 1 aliphatic carbocycles. The molecule has 5 N–H and O–H groups in total. The maximum absolute atomic E-state index is 13.5. The monoisotopic (exact) mass is 554 g/mol. The van der Waals surface area contributed by atoms with Gasteiger partial charge in [0.25, 0.3) is 0 Å². The first kappa shape index (κ1) is 27.9. The van der Waals surface area contributed by atoms with Crippen LogP contribution < -0.4 is 21.1 Å². The average molecular weight is 555 g/mol. The molecule has 1 fully saturated rings. The number of nitrogens with zero attached hydrogens (tertiary/aromatic N) is 4. The summed E-state index contributed by atoms with van der Waals surface area (Å²) in [6.07, 6.45) is 5.53. The third-order valence-corrected chi connectivity index (χ3v) is 7.61. The summed E-state index contributed by atoms with van der Waals surface area (Å²) in [5.74, 6) is 0.987. The lowest BCUT2D eigenvalue weighted by atomic mass is 9.81. The molecule has 11 heteroatoms. The highest BCUT2D eigenvalue weighted by molar-refractivity contribution is 5.97. The molecule has 0 bridgehead atoms. The summed E-state index contributed by atoms with van der Waals surface area (Å²) in [7, 11) is 1.58. The molecule has 1 aliphatic rings. The fraction of sp³-hybridized carbons (Fsp3) is 0.333. The van der Waals surface area contributed by atoms with Crippen molar-refractivity contribution in [2.24, 2.45) is 17.6 Å². The van der Waals surface area contributed by atoms with Crippen LogP contribution in [0.15, 0.2) is 66.9 Å². The van der Waals surface area contributed by atoms with Crippen LogP contribution in [0.25, 0.3) is 22.5 Å². The van der Waals surface area contributed by atoms with E-state index in [2.05, 4.69) is 36.2 Å². The Bertz CT molecular complexity index is 1420. The van der Waals surface area contributed by atoms with Crippen molar-refractivity contribution in [3.05, 3.63) is 72.4 Å². The molecule has 0 radical (unpaired) electrons. The van der Waals surface area contributed by atoms with Crippen LogP contribution in [0, 0.1) is 11.8 Å². The third kappa shape index (κ3) is 7.12. The van der Waals surface area contributed by atoms with Gasteiger partial charge in [0, 0.05) is 41.4 Å². The number of hydrogen-bond donors (Lipinski definition) is 4. The Morgan fingerprint density at radius 1 is 0.976 bits per heavy atom. The molecule has 212 valence electrons. The number of tetrazole rings is 1. The highest BCUT2D eigenvalue weighted by atomic mass is 16.5. The van der Waals surface area contributed by atoms with Gasteiger partial charge in [0.1, 0.15) is 6.04 Å². The van der Waals surface area contributed by atoms with Gasteiger partial charge in [-0.15, -0.1) is 10.2 Å². The van der Waals surface area contributed by atoms with E-state index in [1.54, 1.807) is 37.6 Å². The number of ether oxygens (including phenoxy) is 1. The van der Waals surface area contributed by atoms with E-state index >= 15 is 0 Å². The van der Waals surface area contributed by atoms with Crippen LogP contribution >= 0.6 is 0 Å². The van der Waals surface area contributed by atoms with Crippen LogP contribution in [0.1, 0.15) is 31.2 Å². The van der Waals surface area contributed by atoms with E-state index in [1.807, 2.05) is 36.4 Å². The van der Waals surface area contributed by atoms with Crippen LogP contribution in [0.3, 0.4) is 0 Å². The number of amides is 2. The van der Waals surface area contributed by atoms with Gasteiger partial charge in [-0.2, -0.15) is 5.21 Å². The first-order valence-corrected chi connectivity index (χ1v) is 13.8. The molecular formula is C30H34N8O3. The first-order valence-electron chi connectivity index (χ1n) is 13.8. The van der Waals surface area contributed by atoms with Crippen molar-refractivity contribution in [1.82, 2.24) is 30.9 Å². The second-order valence-electron chi connectivity index (χ2n) is 10.3. The largest absolute Gasteiger partial charge is 0.481 e. The Morgan fingerprint density at radius 2 is 1.68 bits per heavy atom. The summed E-state index contributed by atoms with van der Waals surface area (Å²) in [5.41, 5.74) is 10.1. The highest BCUT2D eigenvalue weighted by Crippen LogP contribution is 2.28. The number of nitrogens with two attached hydrogens (primary N) is 1. The Labute approximate surface area is 238 Å². The molecular weight excluding hydrogens is 520 g/mol. The summed E-state index contributed by atoms with van der Waals surface area (Å²) in [6.45, 7) is 0.646. The van der Waals surface area contributed by atoms with Gasteiger partial charge in [-0.3, -0.25) is 9.59 Å². The number of nitrogens with one attached hydrogen (secondary N) is 3. The minimum atomic E-state index is -0.750. The molecule has 1 saturated carbocycles. The minimum absolute atomic E-state index is 0.0889. The highest BCUT2D eigenvalue weighted by Gasteiger charge is 2.29. The van der Waals surface area contributed by atoms with E-state index in [4.69, 9.17) is 10.5 Å². The molecule has 1 unspecified atom stereocenters. The van der Waals surface area contributed by atoms with Crippen LogP contribution in [0.5, 0.6) is 5.88 Å². The van der Waals surface area contributed by atoms with Crippen molar-refractivity contribution in [2.75, 3.05) is 19.0 Å². The van der Waals surface area contributed by atoms with Crippen molar-refractivity contribution in [3.8, 4) is 28.4 Å². The van der Waals surface area contributed by atoms with E-state index in [1.165, 1.54) is 0 Å². The summed E-state index contributed by atoms with van der Waals surface area (Å²) in [6, 6.07) is 18.1. The van der Waals surface area contributed by atoms with Gasteiger partial charge in [0.15, 0.2) is 0 Å². The Balaban J connectivity index is 1.29. The van der Waals surface area contributed by atoms with E-state index in [0.717, 1.165) is 47.9 Å². The number of hydrogen-bond acceptors (Lipinski definition) is 8. The topological polar surface area (TPSA) is 161 Å². The van der Waals surface area contributed by atoms with Gasteiger partial charge in [0.2, 0.25) is 23.5 Å². The Hall–Kier alpha value is -4.64. The summed E-state index contributed by atoms with van der Waals surface area (Å²) in [4.78, 5) is 31.0. The lowest BCUT2D eigenvalue weighted by Gasteiger charge is -2.28. The summed E-state index contributed by atoms with van der Waals surface area (Å²) < 4.78 is 5.14. The van der Waals surface area contributed by atoms with Gasteiger partial charge in [-0.05, 0) is 84.8 Å². The Kier molecular flexibility index (Phi) is 8.95. The van der Waals surface area contributed by atoms with Gasteiger partial charge in [-0.25, -0.2) is 4.98 Å². The third-order valence-electron chi connectivity index (χ3n) is 7.61. The SMILES string of the molecule is COc1ccc(-c2ccc(CC(NC(=O)C3CCC(CN)CC3)C(=O)Nc3ccc(-c4nn[nH]n4)cc3)cc2)cn1. The van der Waals surface area contributed by atoms with Gasteiger partial charge < -0.3 is 21.1 Å². The van der Waals surface area contributed by atoms with Crippen LogP contribution in [0.2, 0.25) is 0 Å². The predicted octanol–water partition coefficient (Wildman–Crippen LogP) is 3.37. The number of rotatable bonds is 10. The number of aromatic amines is 1. The maximum Gasteiger partial charge on any atom is 0.247 e. The normalized spacial score (nSPS) is 17.4. The fourth-order valence-electron chi connectivity index (χ4n) is 5.12. The Morgan fingerprint density at radius 3 is 2.29 bits per heavy atom. The molecule has 0 saturated heterocycles. The molecule has 41 heavy (non-hydrogen) atoms. The zero-order valence-electron chi connectivity index (χ0n) is 22.9.